The Kier molecular flexibility index (Phi) is 27.4. The molecule has 1 rings (SSSR count). The van der Waals surface area contributed by atoms with Gasteiger partial charge in [0.1, 0.15) is 26.4 Å². The predicted octanol–water partition coefficient (Wildman–Crippen LogP) is 5.76. The zero-order valence-electron chi connectivity index (χ0n) is 29.6. The summed E-state index contributed by atoms with van der Waals surface area (Å²) in [6, 6.07) is 0. The number of carbonyl (C=O) groups excluding carboxylic acids is 4. The van der Waals surface area contributed by atoms with Gasteiger partial charge in [0.15, 0.2) is 0 Å². The molecule has 1 aliphatic heterocycles. The quantitative estimate of drug-likeness (QED) is 0.144. The zero-order chi connectivity index (χ0) is 33.5. The summed E-state index contributed by atoms with van der Waals surface area (Å²) in [7, 11) is 0. The number of rotatable bonds is 22. The van der Waals surface area contributed by atoms with Crippen molar-refractivity contribution in [3.05, 3.63) is 0 Å². The maximum atomic E-state index is 13.2. The smallest absolute Gasteiger partial charge is 0.248 e. The van der Waals surface area contributed by atoms with Gasteiger partial charge in [-0.3, -0.25) is 19.2 Å². The average molecular weight is 653 g/mol. The van der Waals surface area contributed by atoms with E-state index in [2.05, 4.69) is 24.5 Å². The van der Waals surface area contributed by atoms with Gasteiger partial charge in [0.05, 0.1) is 0 Å². The van der Waals surface area contributed by atoms with E-state index in [0.717, 1.165) is 38.5 Å². The number of carbonyl (C=O) groups is 4. The van der Waals surface area contributed by atoms with Gasteiger partial charge in [-0.1, -0.05) is 129 Å². The minimum atomic E-state index is -0.339. The van der Waals surface area contributed by atoms with Crippen LogP contribution >= 0.6 is 0 Å². The molecule has 0 spiro atoms. The first kappa shape index (κ1) is 41.8. The minimum Gasteiger partial charge on any atom is -0.362 e. The lowest BCUT2D eigenvalue weighted by atomic mass is 10.1. The van der Waals surface area contributed by atoms with Gasteiger partial charge in [0, 0.05) is 39.3 Å². The van der Waals surface area contributed by atoms with Gasteiger partial charge in [-0.2, -0.15) is 0 Å². The van der Waals surface area contributed by atoms with E-state index >= 15 is 0 Å². The van der Waals surface area contributed by atoms with Gasteiger partial charge in [-0.05, 0) is 12.8 Å². The second-order valence-corrected chi connectivity index (χ2v) is 12.8. The first-order valence-corrected chi connectivity index (χ1v) is 18.7. The summed E-state index contributed by atoms with van der Waals surface area (Å²) in [4.78, 5) is 54.1. The highest BCUT2D eigenvalue weighted by Gasteiger charge is 2.19. The fraction of sp³-hybridized carbons (Fsp3) is 0.889. The fourth-order valence-corrected chi connectivity index (χ4v) is 5.69. The molecule has 0 atom stereocenters. The topological polar surface area (TPSA) is 117 Å². The number of nitrogens with one attached hydrogen (secondary N) is 2. The molecular formula is C36H68N4O6. The van der Waals surface area contributed by atoms with Gasteiger partial charge < -0.3 is 29.9 Å². The highest BCUT2D eigenvalue weighted by Crippen LogP contribution is 2.13. The lowest BCUT2D eigenvalue weighted by Crippen LogP contribution is -2.45. The van der Waals surface area contributed by atoms with Gasteiger partial charge in [0.2, 0.25) is 23.6 Å². The molecule has 0 aromatic heterocycles. The van der Waals surface area contributed by atoms with Crippen LogP contribution in [0, 0.1) is 0 Å². The van der Waals surface area contributed by atoms with Crippen molar-refractivity contribution in [2.24, 2.45) is 0 Å². The fourth-order valence-electron chi connectivity index (χ4n) is 5.69. The summed E-state index contributed by atoms with van der Waals surface area (Å²) in [5.74, 6) is -1.01. The van der Waals surface area contributed by atoms with Crippen LogP contribution in [0.25, 0.3) is 0 Å². The third-order valence-electron chi connectivity index (χ3n) is 8.60. The number of hydrogen-bond donors (Lipinski definition) is 2. The van der Waals surface area contributed by atoms with Crippen LogP contribution in [0.2, 0.25) is 0 Å². The van der Waals surface area contributed by atoms with Gasteiger partial charge >= 0.3 is 0 Å². The summed E-state index contributed by atoms with van der Waals surface area (Å²) < 4.78 is 10.9. The number of unbranched alkanes of at least 4 members (excludes halogenated alkanes) is 18. The van der Waals surface area contributed by atoms with Crippen molar-refractivity contribution >= 4 is 23.6 Å². The number of ether oxygens (including phenoxy) is 2. The van der Waals surface area contributed by atoms with Crippen molar-refractivity contribution in [1.29, 1.82) is 0 Å². The maximum absolute atomic E-state index is 13.2. The maximum Gasteiger partial charge on any atom is 0.248 e. The van der Waals surface area contributed by atoms with E-state index in [-0.39, 0.29) is 63.1 Å². The molecule has 1 fully saturated rings. The third kappa shape index (κ3) is 24.0. The Morgan fingerprint density at radius 3 is 1.09 bits per heavy atom. The van der Waals surface area contributed by atoms with E-state index in [9.17, 15) is 19.2 Å². The first-order valence-electron chi connectivity index (χ1n) is 18.7. The molecule has 1 heterocycles. The van der Waals surface area contributed by atoms with Crippen LogP contribution in [-0.2, 0) is 28.7 Å². The van der Waals surface area contributed by atoms with Gasteiger partial charge in [-0.25, -0.2) is 0 Å². The molecule has 268 valence electrons. The highest BCUT2D eigenvalue weighted by molar-refractivity contribution is 5.81. The van der Waals surface area contributed by atoms with Crippen LogP contribution in [0.15, 0.2) is 0 Å². The molecule has 0 saturated carbocycles. The molecule has 1 aliphatic rings. The second kappa shape index (κ2) is 30.2. The van der Waals surface area contributed by atoms with Crippen LogP contribution < -0.4 is 10.6 Å². The molecule has 1 saturated heterocycles. The van der Waals surface area contributed by atoms with Crippen LogP contribution in [0.3, 0.4) is 0 Å². The summed E-state index contributed by atoms with van der Waals surface area (Å²) in [6.45, 7) is 6.13. The van der Waals surface area contributed by atoms with E-state index in [1.807, 2.05) is 0 Å². The van der Waals surface area contributed by atoms with E-state index in [0.29, 0.717) is 26.2 Å². The minimum absolute atomic E-state index is 0.167. The Morgan fingerprint density at radius 1 is 0.457 bits per heavy atom. The first-order chi connectivity index (χ1) is 22.5. The van der Waals surface area contributed by atoms with E-state index in [1.54, 1.807) is 9.80 Å². The van der Waals surface area contributed by atoms with E-state index < -0.39 is 0 Å². The largest absolute Gasteiger partial charge is 0.362 e. The Balaban J connectivity index is 2.67. The monoisotopic (exact) mass is 653 g/mol. The summed E-state index contributed by atoms with van der Waals surface area (Å²) >= 11 is 0. The predicted molar refractivity (Wildman–Crippen MR) is 185 cm³/mol. The Morgan fingerprint density at radius 2 is 0.761 bits per heavy atom. The Bertz CT molecular complexity index is 732. The van der Waals surface area contributed by atoms with Gasteiger partial charge in [0.25, 0.3) is 0 Å². The number of nitrogens with zero attached hydrogens (tertiary/aromatic N) is 2. The van der Waals surface area contributed by atoms with E-state index in [1.165, 1.54) is 89.9 Å². The molecule has 10 nitrogen and oxygen atoms in total. The lowest BCUT2D eigenvalue weighted by Gasteiger charge is -2.28. The number of amides is 4. The van der Waals surface area contributed by atoms with Crippen molar-refractivity contribution in [2.45, 2.75) is 142 Å². The molecule has 10 heteroatoms. The van der Waals surface area contributed by atoms with Crippen molar-refractivity contribution in [2.75, 3.05) is 65.7 Å². The molecule has 0 aliphatic carbocycles. The summed E-state index contributed by atoms with van der Waals surface area (Å²) in [6.07, 6.45) is 24.3. The molecule has 4 amide bonds. The van der Waals surface area contributed by atoms with Crippen LogP contribution in [0.1, 0.15) is 142 Å². The van der Waals surface area contributed by atoms with Crippen molar-refractivity contribution in [3.8, 4) is 0 Å². The molecule has 0 unspecified atom stereocenters. The Hall–Kier alpha value is -2.20. The van der Waals surface area contributed by atoms with Crippen molar-refractivity contribution in [1.82, 2.24) is 20.4 Å². The van der Waals surface area contributed by atoms with Crippen molar-refractivity contribution < 1.29 is 28.7 Å². The molecule has 0 aromatic carbocycles. The zero-order valence-corrected chi connectivity index (χ0v) is 29.6. The third-order valence-corrected chi connectivity index (χ3v) is 8.60. The van der Waals surface area contributed by atoms with Gasteiger partial charge in [-0.15, -0.1) is 0 Å². The molecule has 2 N–H and O–H groups in total. The van der Waals surface area contributed by atoms with Crippen LogP contribution in [0.5, 0.6) is 0 Å². The second-order valence-electron chi connectivity index (χ2n) is 12.8. The molecule has 0 bridgehead atoms. The number of hydrogen-bond acceptors (Lipinski definition) is 6. The van der Waals surface area contributed by atoms with Crippen LogP contribution in [-0.4, -0.2) is 99.1 Å². The normalized spacial score (nSPS) is 16.7. The molecular weight excluding hydrogens is 584 g/mol. The Labute approximate surface area is 280 Å². The molecule has 0 radical (unpaired) electrons. The highest BCUT2D eigenvalue weighted by atomic mass is 16.5. The lowest BCUT2D eigenvalue weighted by molar-refractivity contribution is -0.142. The SMILES string of the molecule is CCCCCCCCCCCCN1CCN(CCCCCCCCCCCC)C(=O)COCC(=O)NCCNC(=O)COCC1=O. The molecule has 46 heavy (non-hydrogen) atoms. The summed E-state index contributed by atoms with van der Waals surface area (Å²) in [5, 5.41) is 5.32. The standard InChI is InChI=1S/C36H68N4O6/c1-3-5-7-9-11-13-15-17-19-21-25-39-27-28-40(26-22-20-18-16-14-12-10-8-6-4-2)36(44)32-46-30-34(42)38-24-23-37-33(41)29-45-31-35(39)43/h3-32H2,1-2H3,(H,37,41)(H,38,42). The molecule has 0 aromatic rings. The van der Waals surface area contributed by atoms with E-state index in [4.69, 9.17) is 9.47 Å². The summed E-state index contributed by atoms with van der Waals surface area (Å²) in [5.41, 5.74) is 0. The average Bonchev–Trinajstić information content (AvgIpc) is 3.04. The van der Waals surface area contributed by atoms with Crippen LogP contribution in [0.4, 0.5) is 0 Å². The van der Waals surface area contributed by atoms with Crippen molar-refractivity contribution in [3.63, 3.8) is 0 Å².